The van der Waals surface area contributed by atoms with Crippen LogP contribution in [0.4, 0.5) is 4.79 Å². The second kappa shape index (κ2) is 8.82. The lowest BCUT2D eigenvalue weighted by Gasteiger charge is -2.22. The third kappa shape index (κ3) is 7.54. The van der Waals surface area contributed by atoms with E-state index in [1.165, 1.54) is 0 Å². The van der Waals surface area contributed by atoms with Crippen molar-refractivity contribution in [3.8, 4) is 18.1 Å². The summed E-state index contributed by atoms with van der Waals surface area (Å²) >= 11 is 0. The summed E-state index contributed by atoms with van der Waals surface area (Å²) in [6.07, 6.45) is 4.54. The molecular formula is C18H23NO5. The first kappa shape index (κ1) is 19.4. The van der Waals surface area contributed by atoms with Crippen LogP contribution in [0.25, 0.3) is 0 Å². The molecule has 0 fully saturated rings. The maximum Gasteiger partial charge on any atom is 0.407 e. The predicted octanol–water partition coefficient (Wildman–Crippen LogP) is 2.77. The molecular weight excluding hydrogens is 310 g/mol. The van der Waals surface area contributed by atoms with E-state index in [9.17, 15) is 9.59 Å². The molecule has 1 N–H and O–H groups in total. The number of nitrogens with one attached hydrogen (secondary N) is 1. The average Bonchev–Trinajstić information content (AvgIpc) is 2.49. The molecule has 6 nitrogen and oxygen atoms in total. The Morgan fingerprint density at radius 1 is 1.33 bits per heavy atom. The first-order valence-electron chi connectivity index (χ1n) is 7.54. The molecule has 0 bridgehead atoms. The highest BCUT2D eigenvalue weighted by atomic mass is 16.6. The second-order valence-corrected chi connectivity index (χ2v) is 6.17. The van der Waals surface area contributed by atoms with Crippen molar-refractivity contribution in [1.29, 1.82) is 0 Å². The number of benzene rings is 1. The Morgan fingerprint density at radius 3 is 2.67 bits per heavy atom. The average molecular weight is 333 g/mol. The van der Waals surface area contributed by atoms with Crippen LogP contribution in [0, 0.1) is 12.3 Å². The van der Waals surface area contributed by atoms with Crippen molar-refractivity contribution in [2.75, 3.05) is 13.2 Å². The largest absolute Gasteiger partial charge is 0.491 e. The molecule has 1 aromatic rings. The quantitative estimate of drug-likeness (QED) is 0.640. The van der Waals surface area contributed by atoms with Crippen molar-refractivity contribution in [1.82, 2.24) is 5.32 Å². The van der Waals surface area contributed by atoms with E-state index >= 15 is 0 Å². The van der Waals surface area contributed by atoms with E-state index in [2.05, 4.69) is 11.2 Å². The van der Waals surface area contributed by atoms with Gasteiger partial charge in [0.2, 0.25) is 0 Å². The molecule has 0 aliphatic heterocycles. The highest BCUT2D eigenvalue weighted by Gasteiger charge is 2.18. The van der Waals surface area contributed by atoms with Crippen LogP contribution < -0.4 is 10.1 Å². The van der Waals surface area contributed by atoms with Gasteiger partial charge in [-0.2, -0.15) is 0 Å². The monoisotopic (exact) mass is 333 g/mol. The normalized spacial score (nSPS) is 11.8. The van der Waals surface area contributed by atoms with E-state index in [0.29, 0.717) is 11.3 Å². The van der Waals surface area contributed by atoms with Crippen molar-refractivity contribution in [3.63, 3.8) is 0 Å². The lowest BCUT2D eigenvalue weighted by atomic mass is 10.2. The summed E-state index contributed by atoms with van der Waals surface area (Å²) in [7, 11) is 0. The Balaban J connectivity index is 2.51. The molecule has 0 heterocycles. The molecule has 0 aliphatic rings. The number of ether oxygens (including phenoxy) is 3. The zero-order valence-electron chi connectivity index (χ0n) is 14.4. The van der Waals surface area contributed by atoms with Crippen LogP contribution >= 0.6 is 0 Å². The number of carbonyl (C=O) groups excluding carboxylic acids is 2. The van der Waals surface area contributed by atoms with E-state index in [-0.39, 0.29) is 19.3 Å². The smallest absolute Gasteiger partial charge is 0.407 e. The van der Waals surface area contributed by atoms with Gasteiger partial charge in [-0.3, -0.25) is 0 Å². The molecule has 0 saturated heterocycles. The van der Waals surface area contributed by atoms with Crippen molar-refractivity contribution >= 4 is 12.1 Å². The second-order valence-electron chi connectivity index (χ2n) is 6.17. The first-order chi connectivity index (χ1) is 11.2. The maximum absolute atomic E-state index is 11.7. The minimum absolute atomic E-state index is 0.0826. The minimum Gasteiger partial charge on any atom is -0.491 e. The summed E-state index contributed by atoms with van der Waals surface area (Å²) in [5.74, 6) is 2.20. The molecule has 6 heteroatoms. The maximum atomic E-state index is 11.7. The first-order valence-corrected chi connectivity index (χ1v) is 7.54. The highest BCUT2D eigenvalue weighted by molar-refractivity contribution is 5.89. The van der Waals surface area contributed by atoms with Crippen molar-refractivity contribution in [2.45, 2.75) is 39.3 Å². The molecule has 1 amide bonds. The molecule has 1 aromatic carbocycles. The van der Waals surface area contributed by atoms with Crippen molar-refractivity contribution in [2.24, 2.45) is 0 Å². The van der Waals surface area contributed by atoms with Crippen LogP contribution in [0.5, 0.6) is 5.75 Å². The van der Waals surface area contributed by atoms with Crippen molar-refractivity contribution < 1.29 is 23.8 Å². The number of rotatable bonds is 6. The zero-order valence-corrected chi connectivity index (χ0v) is 14.4. The standard InChI is InChI=1S/C18H23NO5/c1-6-10-22-16(20)14-8-7-9-15(11-14)23-12-13(2)19-17(21)24-18(3,4)5/h1,7-9,11,13H,10,12H2,2-5H3,(H,19,21). The van der Waals surface area contributed by atoms with E-state index < -0.39 is 17.7 Å². The van der Waals surface area contributed by atoms with Crippen molar-refractivity contribution in [3.05, 3.63) is 29.8 Å². The van der Waals surface area contributed by atoms with Crippen LogP contribution in [0.3, 0.4) is 0 Å². The molecule has 0 radical (unpaired) electrons. The van der Waals surface area contributed by atoms with E-state index in [1.54, 1.807) is 52.0 Å². The summed E-state index contributed by atoms with van der Waals surface area (Å²) in [5.41, 5.74) is -0.215. The van der Waals surface area contributed by atoms with Gasteiger partial charge in [0.15, 0.2) is 6.61 Å². The molecule has 0 saturated carbocycles. The van der Waals surface area contributed by atoms with E-state index in [0.717, 1.165) is 0 Å². The van der Waals surface area contributed by atoms with E-state index in [1.807, 2.05) is 0 Å². The SMILES string of the molecule is C#CCOC(=O)c1cccc(OCC(C)NC(=O)OC(C)(C)C)c1. The topological polar surface area (TPSA) is 73.9 Å². The number of hydrogen-bond acceptors (Lipinski definition) is 5. The van der Waals surface area contributed by atoms with Gasteiger partial charge in [0.25, 0.3) is 0 Å². The number of amides is 1. The molecule has 0 aromatic heterocycles. The van der Waals surface area contributed by atoms with Gasteiger partial charge in [0.1, 0.15) is 18.0 Å². The van der Waals surface area contributed by atoms with Gasteiger partial charge in [-0.25, -0.2) is 9.59 Å². The highest BCUT2D eigenvalue weighted by Crippen LogP contribution is 2.14. The van der Waals surface area contributed by atoms with E-state index in [4.69, 9.17) is 20.6 Å². The lowest BCUT2D eigenvalue weighted by Crippen LogP contribution is -2.40. The number of carbonyl (C=O) groups is 2. The lowest BCUT2D eigenvalue weighted by molar-refractivity contribution is 0.0493. The number of hydrogen-bond donors (Lipinski definition) is 1. The Morgan fingerprint density at radius 2 is 2.04 bits per heavy atom. The van der Waals surface area contributed by atoms with Crippen LogP contribution in [0.1, 0.15) is 38.1 Å². The number of alkyl carbamates (subject to hydrolysis) is 1. The molecule has 130 valence electrons. The van der Waals surface area contributed by atoms with Crippen LogP contribution in [0.2, 0.25) is 0 Å². The Hall–Kier alpha value is -2.68. The van der Waals surface area contributed by atoms with Gasteiger partial charge in [-0.05, 0) is 45.9 Å². The van der Waals surface area contributed by atoms with Gasteiger partial charge in [0.05, 0.1) is 11.6 Å². The summed E-state index contributed by atoms with van der Waals surface area (Å²) in [5, 5.41) is 2.67. The Bertz CT molecular complexity index is 613. The van der Waals surface area contributed by atoms with Crippen LogP contribution in [0.15, 0.2) is 24.3 Å². The molecule has 1 unspecified atom stereocenters. The van der Waals surface area contributed by atoms with Gasteiger partial charge >= 0.3 is 12.1 Å². The molecule has 24 heavy (non-hydrogen) atoms. The molecule has 1 atom stereocenters. The van der Waals surface area contributed by atoms with Crippen LogP contribution in [-0.2, 0) is 9.47 Å². The minimum atomic E-state index is -0.558. The molecule has 0 spiro atoms. The summed E-state index contributed by atoms with van der Waals surface area (Å²) < 4.78 is 15.6. The summed E-state index contributed by atoms with van der Waals surface area (Å²) in [6.45, 7) is 7.30. The summed E-state index contributed by atoms with van der Waals surface area (Å²) in [6, 6.07) is 6.27. The fourth-order valence-electron chi connectivity index (χ4n) is 1.68. The fourth-order valence-corrected chi connectivity index (χ4v) is 1.68. The third-order valence-electron chi connectivity index (χ3n) is 2.62. The van der Waals surface area contributed by atoms with Gasteiger partial charge in [-0.1, -0.05) is 12.0 Å². The predicted molar refractivity (Wildman–Crippen MR) is 89.9 cm³/mol. The molecule has 0 aliphatic carbocycles. The number of esters is 1. The summed E-state index contributed by atoms with van der Waals surface area (Å²) in [4.78, 5) is 23.4. The Labute approximate surface area is 142 Å². The molecule has 1 rings (SSSR count). The Kier molecular flexibility index (Phi) is 7.12. The van der Waals surface area contributed by atoms with Gasteiger partial charge in [0, 0.05) is 0 Å². The zero-order chi connectivity index (χ0) is 18.2. The fraction of sp³-hybridized carbons (Fsp3) is 0.444. The van der Waals surface area contributed by atoms with Gasteiger partial charge < -0.3 is 19.5 Å². The van der Waals surface area contributed by atoms with Gasteiger partial charge in [-0.15, -0.1) is 6.42 Å². The number of terminal acetylenes is 1. The van der Waals surface area contributed by atoms with Crippen LogP contribution in [-0.4, -0.2) is 36.9 Å². The third-order valence-corrected chi connectivity index (χ3v) is 2.62.